The van der Waals surface area contributed by atoms with E-state index in [0.29, 0.717) is 32.7 Å². The molecule has 0 saturated carbocycles. The van der Waals surface area contributed by atoms with Gasteiger partial charge in [0, 0.05) is 33.4 Å². The highest BCUT2D eigenvalue weighted by Gasteiger charge is 2.20. The van der Waals surface area contributed by atoms with E-state index in [4.69, 9.17) is 19.4 Å². The van der Waals surface area contributed by atoms with E-state index in [1.165, 1.54) is 0 Å². The summed E-state index contributed by atoms with van der Waals surface area (Å²) in [6, 6.07) is 44.4. The molecule has 2 aromatic heterocycles. The van der Waals surface area contributed by atoms with Gasteiger partial charge in [-0.25, -0.2) is 9.97 Å². The molecule has 6 rings (SSSR count). The van der Waals surface area contributed by atoms with Gasteiger partial charge in [-0.2, -0.15) is 10.5 Å². The second-order valence-corrected chi connectivity index (χ2v) is 13.4. The van der Waals surface area contributed by atoms with Gasteiger partial charge in [0.2, 0.25) is 0 Å². The Kier molecular flexibility index (Phi) is 11.5. The molecule has 0 aliphatic carbocycles. The fourth-order valence-electron chi connectivity index (χ4n) is 5.68. The molecule has 0 spiro atoms. The summed E-state index contributed by atoms with van der Waals surface area (Å²) in [5, 5.41) is 22.1. The van der Waals surface area contributed by atoms with Gasteiger partial charge >= 0.3 is 0 Å². The number of aromatic nitrogens is 2. The Morgan fingerprint density at radius 2 is 0.900 bits per heavy atom. The van der Waals surface area contributed by atoms with Crippen molar-refractivity contribution < 1.29 is 9.47 Å². The molecule has 0 aliphatic heterocycles. The Balaban J connectivity index is 1.22. The minimum atomic E-state index is 0.540. The number of nitriles is 2. The number of unbranched alkanes of at least 4 members (excludes halogenated alkanes) is 1. The molecule has 6 nitrogen and oxygen atoms in total. The van der Waals surface area contributed by atoms with Crippen LogP contribution in [0.15, 0.2) is 131 Å². The third-order valence-corrected chi connectivity index (χ3v) is 10.3. The van der Waals surface area contributed by atoms with Crippen molar-refractivity contribution in [2.45, 2.75) is 22.9 Å². The summed E-state index contributed by atoms with van der Waals surface area (Å²) in [5.74, 6) is 2.97. The lowest BCUT2D eigenvalue weighted by Crippen LogP contribution is -1.99. The van der Waals surface area contributed by atoms with Gasteiger partial charge in [-0.1, -0.05) is 97.1 Å². The molecule has 0 atom stereocenters. The largest absolute Gasteiger partial charge is 0.496 e. The van der Waals surface area contributed by atoms with Crippen LogP contribution < -0.4 is 9.47 Å². The molecule has 0 saturated heterocycles. The summed E-state index contributed by atoms with van der Waals surface area (Å²) >= 11 is 3.19. The fraction of sp³-hybridized carbons (Fsp3) is 0.143. The summed E-state index contributed by atoms with van der Waals surface area (Å²) < 4.78 is 11.3. The van der Waals surface area contributed by atoms with Crippen LogP contribution in [0.1, 0.15) is 24.0 Å². The number of para-hydroxylation sites is 2. The monoisotopic (exact) mass is 690 g/mol. The average Bonchev–Trinajstić information content (AvgIpc) is 3.19. The van der Waals surface area contributed by atoms with Crippen LogP contribution in [0.25, 0.3) is 44.8 Å². The number of ether oxygens (including phenoxy) is 2. The second kappa shape index (κ2) is 16.7. The van der Waals surface area contributed by atoms with Crippen LogP contribution in [0.2, 0.25) is 0 Å². The number of hydrogen-bond acceptors (Lipinski definition) is 8. The highest BCUT2D eigenvalue weighted by atomic mass is 32.2. The predicted octanol–water partition coefficient (Wildman–Crippen LogP) is 10.6. The highest BCUT2D eigenvalue weighted by Crippen LogP contribution is 2.40. The lowest BCUT2D eigenvalue weighted by Gasteiger charge is -2.15. The molecule has 50 heavy (non-hydrogen) atoms. The number of methoxy groups -OCH3 is 2. The first-order chi connectivity index (χ1) is 24.6. The number of rotatable bonds is 13. The van der Waals surface area contributed by atoms with Crippen molar-refractivity contribution >= 4 is 23.5 Å². The smallest absolute Gasteiger partial charge is 0.126 e. The van der Waals surface area contributed by atoms with Crippen LogP contribution >= 0.6 is 23.5 Å². The molecule has 246 valence electrons. The van der Waals surface area contributed by atoms with Gasteiger partial charge < -0.3 is 9.47 Å². The van der Waals surface area contributed by atoms with Gasteiger partial charge in [0.25, 0.3) is 0 Å². The topological polar surface area (TPSA) is 91.8 Å². The molecule has 0 radical (unpaired) electrons. The SMILES string of the molecule is COc1ccccc1-c1cc(-c2ccccc2)nc(SCCCCSc2nc(-c3ccccc3)cc(-c3ccccc3OC)c2C#N)c1C#N. The maximum absolute atomic E-state index is 10.4. The lowest BCUT2D eigenvalue weighted by atomic mass is 9.98. The summed E-state index contributed by atoms with van der Waals surface area (Å²) in [6.07, 6.45) is 1.78. The summed E-state index contributed by atoms with van der Waals surface area (Å²) in [4.78, 5) is 9.95. The zero-order chi connectivity index (χ0) is 34.7. The van der Waals surface area contributed by atoms with Gasteiger partial charge in [0.05, 0.1) is 36.7 Å². The Hall–Kier alpha value is -5.54. The van der Waals surface area contributed by atoms with Crippen LogP contribution in [-0.2, 0) is 0 Å². The van der Waals surface area contributed by atoms with Crippen LogP contribution in [-0.4, -0.2) is 35.7 Å². The standard InChI is InChI=1S/C42H34N4O2S2/c1-47-39-21-11-9-19-31(39)33-25-37(29-15-5-3-6-16-29)45-41(35(33)27-43)49-23-13-14-24-50-42-36(28-44)34(32-20-10-12-22-40(32)48-2)26-38(46-42)30-17-7-4-8-18-30/h3-12,15-22,25-26H,13-14,23-24H2,1-2H3. The Labute approximate surface area is 301 Å². The molecule has 8 heteroatoms. The van der Waals surface area contributed by atoms with Gasteiger partial charge in [0.1, 0.15) is 33.7 Å². The van der Waals surface area contributed by atoms with Crippen molar-refractivity contribution in [3.05, 3.63) is 132 Å². The van der Waals surface area contributed by atoms with E-state index in [-0.39, 0.29) is 0 Å². The van der Waals surface area contributed by atoms with E-state index in [9.17, 15) is 10.5 Å². The van der Waals surface area contributed by atoms with Crippen LogP contribution in [0.3, 0.4) is 0 Å². The Morgan fingerprint density at radius 1 is 0.520 bits per heavy atom. The van der Waals surface area contributed by atoms with E-state index in [2.05, 4.69) is 12.1 Å². The molecule has 2 heterocycles. The molecule has 0 unspecified atom stereocenters. The maximum atomic E-state index is 10.4. The summed E-state index contributed by atoms with van der Waals surface area (Å²) in [6.45, 7) is 0. The first-order valence-corrected chi connectivity index (χ1v) is 18.2. The van der Waals surface area contributed by atoms with E-state index >= 15 is 0 Å². The molecular formula is C42H34N4O2S2. The highest BCUT2D eigenvalue weighted by molar-refractivity contribution is 7.99. The third-order valence-electron chi connectivity index (χ3n) is 8.15. The first kappa shape index (κ1) is 34.3. The minimum absolute atomic E-state index is 0.540. The zero-order valence-electron chi connectivity index (χ0n) is 27.8. The fourth-order valence-corrected chi connectivity index (χ4v) is 7.69. The third kappa shape index (κ3) is 7.68. The van der Waals surface area contributed by atoms with Crippen molar-refractivity contribution in [3.63, 3.8) is 0 Å². The minimum Gasteiger partial charge on any atom is -0.496 e. The average molecular weight is 691 g/mol. The van der Waals surface area contributed by atoms with E-state index in [1.807, 2.05) is 121 Å². The zero-order valence-corrected chi connectivity index (χ0v) is 29.4. The van der Waals surface area contributed by atoms with Crippen molar-refractivity contribution in [1.82, 2.24) is 9.97 Å². The molecular weight excluding hydrogens is 657 g/mol. The lowest BCUT2D eigenvalue weighted by molar-refractivity contribution is 0.416. The molecule has 6 aromatic rings. The summed E-state index contributed by atoms with van der Waals surface area (Å²) in [5.41, 5.74) is 7.98. The van der Waals surface area contributed by atoms with Gasteiger partial charge in [-0.05, 0) is 48.6 Å². The van der Waals surface area contributed by atoms with Crippen molar-refractivity contribution in [2.24, 2.45) is 0 Å². The van der Waals surface area contributed by atoms with Crippen molar-refractivity contribution in [3.8, 4) is 68.4 Å². The number of thioether (sulfide) groups is 2. The quantitative estimate of drug-likeness (QED) is 0.0873. The van der Waals surface area contributed by atoms with E-state index < -0.39 is 0 Å². The van der Waals surface area contributed by atoms with Gasteiger partial charge in [-0.15, -0.1) is 23.5 Å². The van der Waals surface area contributed by atoms with Crippen LogP contribution in [0.5, 0.6) is 11.5 Å². The van der Waals surface area contributed by atoms with Gasteiger partial charge in [-0.3, -0.25) is 0 Å². The Morgan fingerprint density at radius 3 is 1.28 bits per heavy atom. The number of nitrogens with zero attached hydrogens (tertiary/aromatic N) is 4. The molecule has 4 aromatic carbocycles. The van der Waals surface area contributed by atoms with Crippen molar-refractivity contribution in [2.75, 3.05) is 25.7 Å². The summed E-state index contributed by atoms with van der Waals surface area (Å²) in [7, 11) is 3.29. The Bertz CT molecular complexity index is 2020. The number of pyridine rings is 2. The van der Waals surface area contributed by atoms with Crippen LogP contribution in [0, 0.1) is 22.7 Å². The maximum Gasteiger partial charge on any atom is 0.126 e. The van der Waals surface area contributed by atoms with Crippen LogP contribution in [0.4, 0.5) is 0 Å². The molecule has 0 N–H and O–H groups in total. The molecule has 0 amide bonds. The van der Waals surface area contributed by atoms with Gasteiger partial charge in [0.15, 0.2) is 0 Å². The van der Waals surface area contributed by atoms with Crippen molar-refractivity contribution in [1.29, 1.82) is 10.5 Å². The molecule has 0 bridgehead atoms. The number of hydrogen-bond donors (Lipinski definition) is 0. The second-order valence-electron chi connectivity index (χ2n) is 11.2. The van der Waals surface area contributed by atoms with E-state index in [0.717, 1.165) is 69.1 Å². The molecule has 0 fully saturated rings. The molecule has 0 aliphatic rings. The normalized spacial score (nSPS) is 10.6. The first-order valence-electron chi connectivity index (χ1n) is 16.2. The number of benzene rings is 4. The van der Waals surface area contributed by atoms with E-state index in [1.54, 1.807) is 37.7 Å². The predicted molar refractivity (Wildman–Crippen MR) is 203 cm³/mol.